The molecule has 0 unspecified atom stereocenters. The quantitative estimate of drug-likeness (QED) is 0.298. The Morgan fingerprint density at radius 3 is 2.33 bits per heavy atom. The van der Waals surface area contributed by atoms with Crippen LogP contribution in [-0.2, 0) is 32.6 Å². The van der Waals surface area contributed by atoms with Crippen molar-refractivity contribution in [1.29, 1.82) is 0 Å². The number of rotatable bonds is 13. The number of amides is 2. The first-order valence-electron chi connectivity index (χ1n) is 12.7. The van der Waals surface area contributed by atoms with E-state index >= 15 is 0 Å². The number of hydrogen-bond acceptors (Lipinski definition) is 4. The standard InChI is InChI=1S/C29H33ClFN3O4S/c1-3-4-17-32-29(36)27(18-22-11-6-5-7-12-22)33(20-23-13-8-9-16-26(23)30)28(35)21-34(39(2,37)38)25-15-10-14-24(31)19-25/h5-16,19,27H,3-4,17-18,20-21H2,1-2H3,(H,32,36)/t27-/m0/s1. The van der Waals surface area contributed by atoms with E-state index in [2.05, 4.69) is 5.32 Å². The van der Waals surface area contributed by atoms with Gasteiger partial charge in [0.1, 0.15) is 18.4 Å². The Balaban J connectivity index is 2.04. The van der Waals surface area contributed by atoms with Gasteiger partial charge in [0.2, 0.25) is 21.8 Å². The van der Waals surface area contributed by atoms with Crippen LogP contribution in [0.25, 0.3) is 0 Å². The fourth-order valence-electron chi connectivity index (χ4n) is 4.12. The summed E-state index contributed by atoms with van der Waals surface area (Å²) < 4.78 is 40.3. The molecule has 0 aliphatic carbocycles. The van der Waals surface area contributed by atoms with Gasteiger partial charge < -0.3 is 10.2 Å². The summed E-state index contributed by atoms with van der Waals surface area (Å²) in [5, 5.41) is 3.32. The van der Waals surface area contributed by atoms with E-state index in [0.29, 0.717) is 17.1 Å². The smallest absolute Gasteiger partial charge is 0.244 e. The highest BCUT2D eigenvalue weighted by atomic mass is 35.5. The van der Waals surface area contributed by atoms with Crippen LogP contribution in [0, 0.1) is 5.82 Å². The number of nitrogens with zero attached hydrogens (tertiary/aromatic N) is 2. The molecule has 0 aromatic heterocycles. The van der Waals surface area contributed by atoms with Crippen LogP contribution in [0.4, 0.5) is 10.1 Å². The topological polar surface area (TPSA) is 86.8 Å². The molecule has 0 saturated carbocycles. The molecule has 3 aromatic rings. The number of anilines is 1. The van der Waals surface area contributed by atoms with Gasteiger partial charge in [-0.15, -0.1) is 0 Å². The normalized spacial score (nSPS) is 12.0. The lowest BCUT2D eigenvalue weighted by molar-refractivity contribution is -0.140. The highest BCUT2D eigenvalue weighted by Crippen LogP contribution is 2.23. The van der Waals surface area contributed by atoms with E-state index in [9.17, 15) is 22.4 Å². The maximum atomic E-state index is 14.0. The number of benzene rings is 3. The van der Waals surface area contributed by atoms with Crippen LogP contribution in [0.3, 0.4) is 0 Å². The number of unbranched alkanes of at least 4 members (excludes halogenated alkanes) is 1. The first-order valence-corrected chi connectivity index (χ1v) is 14.9. The van der Waals surface area contributed by atoms with Crippen LogP contribution in [0.2, 0.25) is 5.02 Å². The number of hydrogen-bond donors (Lipinski definition) is 1. The van der Waals surface area contributed by atoms with E-state index in [1.165, 1.54) is 23.1 Å². The molecule has 0 saturated heterocycles. The molecule has 0 radical (unpaired) electrons. The lowest BCUT2D eigenvalue weighted by atomic mass is 10.0. The van der Waals surface area contributed by atoms with Gasteiger partial charge in [0.25, 0.3) is 0 Å². The number of carbonyl (C=O) groups excluding carboxylic acids is 2. The van der Waals surface area contributed by atoms with Gasteiger partial charge in [-0.05, 0) is 41.8 Å². The first kappa shape index (κ1) is 30.1. The molecule has 1 N–H and O–H groups in total. The summed E-state index contributed by atoms with van der Waals surface area (Å²) in [6.07, 6.45) is 2.79. The minimum atomic E-state index is -3.97. The summed E-state index contributed by atoms with van der Waals surface area (Å²) in [6, 6.07) is 20.3. The van der Waals surface area contributed by atoms with E-state index in [1.54, 1.807) is 24.3 Å². The largest absolute Gasteiger partial charge is 0.354 e. The molecule has 2 amide bonds. The van der Waals surface area contributed by atoms with Crippen molar-refractivity contribution in [3.05, 3.63) is 101 Å². The van der Waals surface area contributed by atoms with Crippen LogP contribution in [0.15, 0.2) is 78.9 Å². The highest BCUT2D eigenvalue weighted by Gasteiger charge is 2.33. The Kier molecular flexibility index (Phi) is 10.9. The summed E-state index contributed by atoms with van der Waals surface area (Å²) in [5.41, 5.74) is 1.44. The zero-order valence-electron chi connectivity index (χ0n) is 22.0. The minimum Gasteiger partial charge on any atom is -0.354 e. The van der Waals surface area contributed by atoms with E-state index in [1.807, 2.05) is 37.3 Å². The van der Waals surface area contributed by atoms with Crippen molar-refractivity contribution in [3.63, 3.8) is 0 Å². The maximum absolute atomic E-state index is 14.0. The fraction of sp³-hybridized carbons (Fsp3) is 0.310. The van der Waals surface area contributed by atoms with Crippen molar-refractivity contribution in [2.24, 2.45) is 0 Å². The van der Waals surface area contributed by atoms with E-state index in [-0.39, 0.29) is 24.6 Å². The average Bonchev–Trinajstić information content (AvgIpc) is 2.90. The molecule has 0 aliphatic rings. The number of halogens is 2. The van der Waals surface area contributed by atoms with Crippen molar-refractivity contribution in [2.75, 3.05) is 23.7 Å². The van der Waals surface area contributed by atoms with Crippen molar-refractivity contribution in [3.8, 4) is 0 Å². The SMILES string of the molecule is CCCCNC(=O)[C@H](Cc1ccccc1)N(Cc1ccccc1Cl)C(=O)CN(c1cccc(F)c1)S(C)(=O)=O. The van der Waals surface area contributed by atoms with Crippen molar-refractivity contribution >= 4 is 39.1 Å². The van der Waals surface area contributed by atoms with E-state index < -0.39 is 34.3 Å². The summed E-state index contributed by atoms with van der Waals surface area (Å²) in [4.78, 5) is 28.8. The molecule has 3 aromatic carbocycles. The lowest BCUT2D eigenvalue weighted by Crippen LogP contribution is -2.53. The van der Waals surface area contributed by atoms with Gasteiger partial charge in [-0.3, -0.25) is 13.9 Å². The van der Waals surface area contributed by atoms with Gasteiger partial charge in [-0.2, -0.15) is 0 Å². The number of carbonyl (C=O) groups is 2. The number of sulfonamides is 1. The van der Waals surface area contributed by atoms with Crippen LogP contribution >= 0.6 is 11.6 Å². The van der Waals surface area contributed by atoms with Gasteiger partial charge in [-0.1, -0.05) is 79.5 Å². The van der Waals surface area contributed by atoms with Gasteiger partial charge >= 0.3 is 0 Å². The second-order valence-corrected chi connectivity index (χ2v) is 11.5. The zero-order valence-corrected chi connectivity index (χ0v) is 23.6. The monoisotopic (exact) mass is 573 g/mol. The molecule has 0 bridgehead atoms. The fourth-order valence-corrected chi connectivity index (χ4v) is 5.15. The summed E-state index contributed by atoms with van der Waals surface area (Å²) >= 11 is 6.43. The van der Waals surface area contributed by atoms with E-state index in [4.69, 9.17) is 11.6 Å². The molecule has 7 nitrogen and oxygen atoms in total. The molecule has 208 valence electrons. The van der Waals surface area contributed by atoms with Crippen LogP contribution in [0.5, 0.6) is 0 Å². The van der Waals surface area contributed by atoms with Crippen molar-refractivity contribution in [2.45, 2.75) is 38.8 Å². The molecular weight excluding hydrogens is 541 g/mol. The Bertz CT molecular complexity index is 1370. The second-order valence-electron chi connectivity index (χ2n) is 9.21. The molecule has 0 heterocycles. The lowest BCUT2D eigenvalue weighted by Gasteiger charge is -2.33. The molecule has 39 heavy (non-hydrogen) atoms. The van der Waals surface area contributed by atoms with Crippen LogP contribution in [0.1, 0.15) is 30.9 Å². The Morgan fingerprint density at radius 1 is 1.00 bits per heavy atom. The zero-order chi connectivity index (χ0) is 28.4. The highest BCUT2D eigenvalue weighted by molar-refractivity contribution is 7.92. The molecule has 1 atom stereocenters. The van der Waals surface area contributed by atoms with Gasteiger partial charge in [0, 0.05) is 24.5 Å². The predicted molar refractivity (Wildman–Crippen MR) is 152 cm³/mol. The number of nitrogens with one attached hydrogen (secondary N) is 1. The predicted octanol–water partition coefficient (Wildman–Crippen LogP) is 4.80. The molecule has 10 heteroatoms. The van der Waals surface area contributed by atoms with Gasteiger partial charge in [0.15, 0.2) is 0 Å². The average molecular weight is 574 g/mol. The Labute approximate surface area is 234 Å². The van der Waals surface area contributed by atoms with Crippen LogP contribution in [-0.4, -0.2) is 50.5 Å². The molecule has 0 spiro atoms. The second kappa shape index (κ2) is 14.1. The van der Waals surface area contributed by atoms with Crippen molar-refractivity contribution < 1.29 is 22.4 Å². The molecule has 0 aliphatic heterocycles. The summed E-state index contributed by atoms with van der Waals surface area (Å²) in [6.45, 7) is 1.79. The third-order valence-corrected chi connectivity index (χ3v) is 7.68. The summed E-state index contributed by atoms with van der Waals surface area (Å²) in [7, 11) is -3.97. The first-order chi connectivity index (χ1) is 18.6. The van der Waals surface area contributed by atoms with E-state index in [0.717, 1.165) is 35.0 Å². The van der Waals surface area contributed by atoms with Gasteiger partial charge in [0.05, 0.1) is 11.9 Å². The van der Waals surface area contributed by atoms with Crippen molar-refractivity contribution in [1.82, 2.24) is 10.2 Å². The third kappa shape index (κ3) is 8.80. The Hall–Kier alpha value is -3.43. The minimum absolute atomic E-state index is 0.00977. The van der Waals surface area contributed by atoms with Gasteiger partial charge in [-0.25, -0.2) is 12.8 Å². The third-order valence-electron chi connectivity index (χ3n) is 6.17. The van der Waals surface area contributed by atoms with Crippen LogP contribution < -0.4 is 9.62 Å². The maximum Gasteiger partial charge on any atom is 0.244 e. The molecule has 0 fully saturated rings. The summed E-state index contributed by atoms with van der Waals surface area (Å²) in [5.74, 6) is -1.63. The Morgan fingerprint density at radius 2 is 1.69 bits per heavy atom. The molecule has 3 rings (SSSR count). The molecular formula is C29H33ClFN3O4S.